The molecule has 0 radical (unpaired) electrons. The van der Waals surface area contributed by atoms with Gasteiger partial charge in [-0.05, 0) is 25.9 Å². The molecule has 2 heterocycles. The predicted octanol–water partition coefficient (Wildman–Crippen LogP) is -0.129. The van der Waals surface area contributed by atoms with E-state index >= 15 is 0 Å². The average Bonchev–Trinajstić information content (AvgIpc) is 3.05. The largest absolute Gasteiger partial charge is 0.478 e. The van der Waals surface area contributed by atoms with Crippen LogP contribution in [0.25, 0.3) is 0 Å². The molecule has 20 heavy (non-hydrogen) atoms. The monoisotopic (exact) mass is 302 g/mol. The molecular weight excluding hydrogens is 284 g/mol. The van der Waals surface area contributed by atoms with Gasteiger partial charge in [0.25, 0.3) is 10.0 Å². The number of carboxylic acid groups (broad SMARTS) is 1. The van der Waals surface area contributed by atoms with Crippen LogP contribution in [0.5, 0.6) is 0 Å². The van der Waals surface area contributed by atoms with Crippen LogP contribution >= 0.6 is 0 Å². The van der Waals surface area contributed by atoms with E-state index in [0.717, 1.165) is 32.1 Å². The average molecular weight is 302 g/mol. The van der Waals surface area contributed by atoms with Crippen LogP contribution in [0, 0.1) is 0 Å². The van der Waals surface area contributed by atoms with E-state index < -0.39 is 21.0 Å². The molecule has 0 amide bonds. The summed E-state index contributed by atoms with van der Waals surface area (Å²) in [7, 11) is -3.89. The van der Waals surface area contributed by atoms with Gasteiger partial charge in [-0.1, -0.05) is 6.92 Å². The number of likely N-dealkylation sites (tertiary alicyclic amines) is 1. The highest BCUT2D eigenvalue weighted by Gasteiger charge is 2.28. The molecule has 1 unspecified atom stereocenters. The maximum atomic E-state index is 12.1. The number of carboxylic acids is 1. The number of nitrogens with zero attached hydrogens (tertiary/aromatic N) is 2. The van der Waals surface area contributed by atoms with Gasteiger partial charge in [-0.15, -0.1) is 0 Å². The second-order valence-corrected chi connectivity index (χ2v) is 6.40. The number of aromatic amines is 1. The lowest BCUT2D eigenvalue weighted by Crippen LogP contribution is -2.40. The minimum absolute atomic E-state index is 0.158. The topological polar surface area (TPSA) is 115 Å². The van der Waals surface area contributed by atoms with Gasteiger partial charge in [0.15, 0.2) is 5.03 Å². The van der Waals surface area contributed by atoms with Gasteiger partial charge >= 0.3 is 5.97 Å². The summed E-state index contributed by atoms with van der Waals surface area (Å²) in [5.41, 5.74) is -0.351. The van der Waals surface area contributed by atoms with Crippen molar-refractivity contribution in [1.29, 1.82) is 0 Å². The zero-order chi connectivity index (χ0) is 14.8. The lowest BCUT2D eigenvalue weighted by Gasteiger charge is -2.22. The minimum atomic E-state index is -3.89. The van der Waals surface area contributed by atoms with Crippen molar-refractivity contribution in [3.8, 4) is 0 Å². The molecule has 9 heteroatoms. The number of sulfonamides is 1. The first-order chi connectivity index (χ1) is 9.45. The Bertz CT molecular complexity index is 583. The van der Waals surface area contributed by atoms with E-state index in [-0.39, 0.29) is 18.2 Å². The summed E-state index contributed by atoms with van der Waals surface area (Å²) in [6.45, 7) is 4.14. The molecule has 2 rings (SSSR count). The summed E-state index contributed by atoms with van der Waals surface area (Å²) in [5.74, 6) is -1.32. The molecular formula is C11H18N4O4S. The highest BCUT2D eigenvalue weighted by molar-refractivity contribution is 7.89. The van der Waals surface area contributed by atoms with Crippen LogP contribution in [0.4, 0.5) is 0 Å². The first kappa shape index (κ1) is 14.9. The van der Waals surface area contributed by atoms with Crippen LogP contribution in [-0.4, -0.2) is 60.3 Å². The van der Waals surface area contributed by atoms with Gasteiger partial charge < -0.3 is 5.11 Å². The Morgan fingerprint density at radius 1 is 1.65 bits per heavy atom. The number of carbonyl (C=O) groups is 1. The highest BCUT2D eigenvalue weighted by atomic mass is 32.2. The number of H-pyrrole nitrogens is 1. The van der Waals surface area contributed by atoms with Crippen molar-refractivity contribution in [3.63, 3.8) is 0 Å². The number of rotatable bonds is 6. The summed E-state index contributed by atoms with van der Waals surface area (Å²) in [4.78, 5) is 13.1. The van der Waals surface area contributed by atoms with Crippen LogP contribution in [0.2, 0.25) is 0 Å². The van der Waals surface area contributed by atoms with E-state index in [1.807, 2.05) is 6.92 Å². The fourth-order valence-corrected chi connectivity index (χ4v) is 3.61. The maximum absolute atomic E-state index is 12.1. The molecule has 1 aliphatic heterocycles. The lowest BCUT2D eigenvalue weighted by molar-refractivity contribution is 0.0692. The molecule has 112 valence electrons. The van der Waals surface area contributed by atoms with Crippen molar-refractivity contribution in [2.24, 2.45) is 0 Å². The Kier molecular flexibility index (Phi) is 4.41. The van der Waals surface area contributed by atoms with Gasteiger partial charge in [-0.2, -0.15) is 5.10 Å². The Hall–Kier alpha value is -1.45. The van der Waals surface area contributed by atoms with Gasteiger partial charge in [0.05, 0.1) is 6.20 Å². The first-order valence-electron chi connectivity index (χ1n) is 6.46. The van der Waals surface area contributed by atoms with Crippen molar-refractivity contribution < 1.29 is 18.3 Å². The zero-order valence-electron chi connectivity index (χ0n) is 11.2. The second-order valence-electron chi connectivity index (χ2n) is 4.69. The number of nitrogens with one attached hydrogen (secondary N) is 2. The second kappa shape index (κ2) is 5.90. The molecule has 1 aliphatic rings. The molecule has 0 saturated carbocycles. The van der Waals surface area contributed by atoms with Crippen LogP contribution in [0.1, 0.15) is 30.1 Å². The van der Waals surface area contributed by atoms with Crippen LogP contribution in [0.3, 0.4) is 0 Å². The van der Waals surface area contributed by atoms with Crippen LogP contribution in [-0.2, 0) is 10.0 Å². The summed E-state index contributed by atoms with van der Waals surface area (Å²) in [5, 5.41) is 14.2. The SMILES string of the molecule is CCN1CCCC1CNS(=O)(=O)c1[nH]ncc1C(=O)O. The fourth-order valence-electron chi connectivity index (χ4n) is 2.45. The van der Waals surface area contributed by atoms with Crippen molar-refractivity contribution in [3.05, 3.63) is 11.8 Å². The molecule has 0 aliphatic carbocycles. The maximum Gasteiger partial charge on any atom is 0.340 e. The van der Waals surface area contributed by atoms with E-state index in [1.165, 1.54) is 0 Å². The van der Waals surface area contributed by atoms with Gasteiger partial charge in [-0.3, -0.25) is 10.00 Å². The summed E-state index contributed by atoms with van der Waals surface area (Å²) in [6.07, 6.45) is 2.97. The molecule has 1 fully saturated rings. The van der Waals surface area contributed by atoms with Crippen molar-refractivity contribution >= 4 is 16.0 Å². The van der Waals surface area contributed by atoms with Gasteiger partial charge in [-0.25, -0.2) is 17.9 Å². The summed E-state index contributed by atoms with van der Waals surface area (Å²) < 4.78 is 26.7. The Morgan fingerprint density at radius 3 is 3.05 bits per heavy atom. The van der Waals surface area contributed by atoms with E-state index in [0.29, 0.717) is 0 Å². The zero-order valence-corrected chi connectivity index (χ0v) is 12.0. The smallest absolute Gasteiger partial charge is 0.340 e. The molecule has 3 N–H and O–H groups in total. The van der Waals surface area contributed by atoms with E-state index in [9.17, 15) is 13.2 Å². The molecule has 0 spiro atoms. The number of hydrogen-bond donors (Lipinski definition) is 3. The van der Waals surface area contributed by atoms with E-state index in [4.69, 9.17) is 5.11 Å². The highest BCUT2D eigenvalue weighted by Crippen LogP contribution is 2.17. The predicted molar refractivity (Wildman–Crippen MR) is 71.0 cm³/mol. The third kappa shape index (κ3) is 3.00. The third-order valence-corrected chi connectivity index (χ3v) is 4.91. The number of aromatic nitrogens is 2. The third-order valence-electron chi connectivity index (χ3n) is 3.52. The molecule has 0 bridgehead atoms. The van der Waals surface area contributed by atoms with Gasteiger partial charge in [0, 0.05) is 12.6 Å². The molecule has 1 aromatic rings. The Balaban J connectivity index is 2.08. The van der Waals surface area contributed by atoms with Gasteiger partial charge in [0.1, 0.15) is 5.56 Å². The number of aromatic carboxylic acids is 1. The lowest BCUT2D eigenvalue weighted by atomic mass is 10.2. The summed E-state index contributed by atoms with van der Waals surface area (Å²) in [6, 6.07) is 0.158. The van der Waals surface area contributed by atoms with Crippen molar-refractivity contribution in [2.45, 2.75) is 30.8 Å². The Morgan fingerprint density at radius 2 is 2.40 bits per heavy atom. The molecule has 0 aromatic carbocycles. The molecule has 1 saturated heterocycles. The molecule has 1 aromatic heterocycles. The van der Waals surface area contributed by atoms with E-state index in [1.54, 1.807) is 0 Å². The Labute approximate surface area is 117 Å². The first-order valence-corrected chi connectivity index (χ1v) is 7.94. The van der Waals surface area contributed by atoms with Crippen molar-refractivity contribution in [1.82, 2.24) is 19.8 Å². The number of likely N-dealkylation sites (N-methyl/N-ethyl adjacent to an activating group) is 1. The fraction of sp³-hybridized carbons (Fsp3) is 0.636. The normalized spacial score (nSPS) is 20.4. The van der Waals surface area contributed by atoms with E-state index in [2.05, 4.69) is 19.8 Å². The number of hydrogen-bond acceptors (Lipinski definition) is 5. The minimum Gasteiger partial charge on any atom is -0.478 e. The molecule has 8 nitrogen and oxygen atoms in total. The van der Waals surface area contributed by atoms with Gasteiger partial charge in [0.2, 0.25) is 0 Å². The van der Waals surface area contributed by atoms with Crippen molar-refractivity contribution in [2.75, 3.05) is 19.6 Å². The quantitative estimate of drug-likeness (QED) is 0.674. The van der Waals surface area contributed by atoms with Crippen LogP contribution in [0.15, 0.2) is 11.2 Å². The molecule has 1 atom stereocenters. The standard InChI is InChI=1S/C11H18N4O4S/c1-2-15-5-3-4-8(15)6-13-20(18,19)10-9(11(16)17)7-12-14-10/h7-8,13H,2-6H2,1H3,(H,12,14)(H,16,17). The summed E-state index contributed by atoms with van der Waals surface area (Å²) >= 11 is 0. The van der Waals surface area contributed by atoms with Crippen LogP contribution < -0.4 is 4.72 Å².